The molecule has 0 spiro atoms. The average Bonchev–Trinajstić information content (AvgIpc) is 2.43. The third kappa shape index (κ3) is 3.69. The molecule has 1 aliphatic rings. The van der Waals surface area contributed by atoms with Gasteiger partial charge in [0.2, 0.25) is 11.8 Å². The van der Waals surface area contributed by atoms with Crippen LogP contribution in [0.2, 0.25) is 0 Å². The maximum absolute atomic E-state index is 13.6. The van der Waals surface area contributed by atoms with E-state index in [1.165, 1.54) is 18.2 Å². The van der Waals surface area contributed by atoms with Crippen LogP contribution in [-0.2, 0) is 9.59 Å². The molecule has 0 radical (unpaired) electrons. The lowest BCUT2D eigenvalue weighted by molar-refractivity contribution is -0.130. The summed E-state index contributed by atoms with van der Waals surface area (Å²) in [5, 5.41) is 5.25. The molecule has 6 nitrogen and oxygen atoms in total. The number of benzene rings is 1. The van der Waals surface area contributed by atoms with Gasteiger partial charge in [0.05, 0.1) is 18.3 Å². The summed E-state index contributed by atoms with van der Waals surface area (Å²) in [5.74, 6) is -0.986. The quantitative estimate of drug-likeness (QED) is 0.708. The molecule has 1 saturated heterocycles. The van der Waals surface area contributed by atoms with Crippen LogP contribution in [0, 0.1) is 5.82 Å². The van der Waals surface area contributed by atoms with Crippen molar-refractivity contribution in [2.45, 2.75) is 19.4 Å². The third-order valence-corrected chi connectivity index (χ3v) is 3.44. The number of piperazine rings is 1. The molecule has 0 saturated carbocycles. The Morgan fingerprint density at radius 2 is 2.33 bits per heavy atom. The second-order valence-electron chi connectivity index (χ2n) is 4.97. The molecule has 1 unspecified atom stereocenters. The SMILES string of the molecule is CCC1C(=O)NCCN1CC(=O)Nc1cc(N)ccc1F. The van der Waals surface area contributed by atoms with Crippen molar-refractivity contribution in [2.24, 2.45) is 0 Å². The van der Waals surface area contributed by atoms with Crippen molar-refractivity contribution in [3.63, 3.8) is 0 Å². The van der Waals surface area contributed by atoms with Crippen molar-refractivity contribution < 1.29 is 14.0 Å². The molecule has 1 aliphatic heterocycles. The monoisotopic (exact) mass is 294 g/mol. The van der Waals surface area contributed by atoms with Gasteiger partial charge in [0.25, 0.3) is 0 Å². The van der Waals surface area contributed by atoms with Crippen LogP contribution in [0.1, 0.15) is 13.3 Å². The Bertz CT molecular complexity index is 550. The zero-order chi connectivity index (χ0) is 15.4. The summed E-state index contributed by atoms with van der Waals surface area (Å²) in [5.41, 5.74) is 5.99. The topological polar surface area (TPSA) is 87.5 Å². The Kier molecular flexibility index (Phi) is 4.74. The minimum atomic E-state index is -0.541. The van der Waals surface area contributed by atoms with Gasteiger partial charge in [-0.25, -0.2) is 4.39 Å². The Hall–Kier alpha value is -2.15. The van der Waals surface area contributed by atoms with Crippen LogP contribution >= 0.6 is 0 Å². The molecule has 1 heterocycles. The Balaban J connectivity index is 2.00. The van der Waals surface area contributed by atoms with Crippen molar-refractivity contribution in [1.82, 2.24) is 10.2 Å². The van der Waals surface area contributed by atoms with E-state index in [-0.39, 0.29) is 30.1 Å². The highest BCUT2D eigenvalue weighted by Gasteiger charge is 2.29. The Morgan fingerprint density at radius 1 is 1.57 bits per heavy atom. The van der Waals surface area contributed by atoms with Crippen LogP contribution in [0.4, 0.5) is 15.8 Å². The molecule has 1 fully saturated rings. The molecule has 4 N–H and O–H groups in total. The van der Waals surface area contributed by atoms with E-state index < -0.39 is 5.82 Å². The van der Waals surface area contributed by atoms with Crippen molar-refractivity contribution in [2.75, 3.05) is 30.7 Å². The molecule has 1 atom stereocenters. The molecule has 114 valence electrons. The fourth-order valence-electron chi connectivity index (χ4n) is 2.41. The number of nitrogens with zero attached hydrogens (tertiary/aromatic N) is 1. The minimum absolute atomic E-state index is 0.0418. The van der Waals surface area contributed by atoms with Gasteiger partial charge in [0.1, 0.15) is 5.82 Å². The molecule has 1 aromatic carbocycles. The normalized spacial score (nSPS) is 19.1. The maximum atomic E-state index is 13.6. The summed E-state index contributed by atoms with van der Waals surface area (Å²) in [4.78, 5) is 25.5. The van der Waals surface area contributed by atoms with E-state index in [1.54, 1.807) is 4.90 Å². The van der Waals surface area contributed by atoms with Crippen LogP contribution < -0.4 is 16.4 Å². The fourth-order valence-corrected chi connectivity index (χ4v) is 2.41. The summed E-state index contributed by atoms with van der Waals surface area (Å²) >= 11 is 0. The number of hydrogen-bond acceptors (Lipinski definition) is 4. The van der Waals surface area contributed by atoms with Crippen molar-refractivity contribution >= 4 is 23.2 Å². The van der Waals surface area contributed by atoms with Crippen LogP contribution in [0.5, 0.6) is 0 Å². The van der Waals surface area contributed by atoms with E-state index in [1.807, 2.05) is 6.92 Å². The lowest BCUT2D eigenvalue weighted by Crippen LogP contribution is -2.56. The molecule has 2 amide bonds. The highest BCUT2D eigenvalue weighted by Crippen LogP contribution is 2.17. The van der Waals surface area contributed by atoms with Crippen LogP contribution in [0.15, 0.2) is 18.2 Å². The second kappa shape index (κ2) is 6.53. The van der Waals surface area contributed by atoms with E-state index in [4.69, 9.17) is 5.73 Å². The second-order valence-corrected chi connectivity index (χ2v) is 4.97. The van der Waals surface area contributed by atoms with Gasteiger partial charge in [0.15, 0.2) is 0 Å². The molecule has 21 heavy (non-hydrogen) atoms. The first-order valence-electron chi connectivity index (χ1n) is 6.88. The number of nitrogens with two attached hydrogens (primary N) is 1. The first-order chi connectivity index (χ1) is 10.0. The number of nitrogen functional groups attached to an aromatic ring is 1. The van der Waals surface area contributed by atoms with E-state index in [0.717, 1.165) is 0 Å². The van der Waals surface area contributed by atoms with Gasteiger partial charge in [-0.2, -0.15) is 0 Å². The maximum Gasteiger partial charge on any atom is 0.238 e. The van der Waals surface area contributed by atoms with Crippen molar-refractivity contribution in [3.05, 3.63) is 24.0 Å². The Morgan fingerprint density at radius 3 is 3.05 bits per heavy atom. The predicted molar refractivity (Wildman–Crippen MR) is 78.1 cm³/mol. The summed E-state index contributed by atoms with van der Waals surface area (Å²) in [6, 6.07) is 3.67. The van der Waals surface area contributed by atoms with Crippen LogP contribution in [0.25, 0.3) is 0 Å². The highest BCUT2D eigenvalue weighted by atomic mass is 19.1. The molecular weight excluding hydrogens is 275 g/mol. The summed E-state index contributed by atoms with van der Waals surface area (Å²) in [6.07, 6.45) is 0.617. The highest BCUT2D eigenvalue weighted by molar-refractivity contribution is 5.93. The van der Waals surface area contributed by atoms with Gasteiger partial charge in [0, 0.05) is 18.8 Å². The number of anilines is 2. The third-order valence-electron chi connectivity index (χ3n) is 3.44. The minimum Gasteiger partial charge on any atom is -0.399 e. The number of carbonyl (C=O) groups is 2. The smallest absolute Gasteiger partial charge is 0.238 e. The van der Waals surface area contributed by atoms with E-state index in [9.17, 15) is 14.0 Å². The number of amides is 2. The number of halogens is 1. The van der Waals surface area contributed by atoms with Gasteiger partial charge < -0.3 is 16.4 Å². The Labute approximate surface area is 122 Å². The summed E-state index contributed by atoms with van der Waals surface area (Å²) < 4.78 is 13.6. The molecule has 2 rings (SSSR count). The van der Waals surface area contributed by atoms with Gasteiger partial charge in [-0.15, -0.1) is 0 Å². The predicted octanol–water partition coefficient (Wildman–Crippen LogP) is 0.557. The van der Waals surface area contributed by atoms with Gasteiger partial charge in [-0.05, 0) is 24.6 Å². The molecule has 0 bridgehead atoms. The molecule has 0 aromatic heterocycles. The first kappa shape index (κ1) is 15.2. The van der Waals surface area contributed by atoms with Crippen LogP contribution in [0.3, 0.4) is 0 Å². The van der Waals surface area contributed by atoms with Crippen LogP contribution in [-0.4, -0.2) is 42.4 Å². The lowest BCUT2D eigenvalue weighted by atomic mass is 10.1. The number of nitrogens with one attached hydrogen (secondary N) is 2. The lowest BCUT2D eigenvalue weighted by Gasteiger charge is -2.33. The summed E-state index contributed by atoms with van der Waals surface area (Å²) in [6.45, 7) is 3.03. The fraction of sp³-hybridized carbons (Fsp3) is 0.429. The number of rotatable bonds is 4. The summed E-state index contributed by atoms with van der Waals surface area (Å²) in [7, 11) is 0. The number of hydrogen-bond donors (Lipinski definition) is 3. The molecular formula is C14H19FN4O2. The van der Waals surface area contributed by atoms with E-state index >= 15 is 0 Å². The van der Waals surface area contributed by atoms with Crippen molar-refractivity contribution in [3.8, 4) is 0 Å². The first-order valence-corrected chi connectivity index (χ1v) is 6.88. The molecule has 1 aromatic rings. The van der Waals surface area contributed by atoms with Gasteiger partial charge in [-0.3, -0.25) is 14.5 Å². The van der Waals surface area contributed by atoms with E-state index in [2.05, 4.69) is 10.6 Å². The van der Waals surface area contributed by atoms with Gasteiger partial charge in [-0.1, -0.05) is 6.92 Å². The molecule has 0 aliphatic carbocycles. The standard InChI is InChI=1S/C14H19FN4O2/c1-2-12-14(21)17-5-6-19(12)8-13(20)18-11-7-9(16)3-4-10(11)15/h3-4,7,12H,2,5-6,8,16H2,1H3,(H,17,21)(H,18,20). The average molecular weight is 294 g/mol. The van der Waals surface area contributed by atoms with Gasteiger partial charge >= 0.3 is 0 Å². The van der Waals surface area contributed by atoms with Crippen molar-refractivity contribution in [1.29, 1.82) is 0 Å². The zero-order valence-electron chi connectivity index (χ0n) is 11.9. The molecule has 7 heteroatoms. The van der Waals surface area contributed by atoms with E-state index in [0.29, 0.717) is 25.2 Å². The number of carbonyl (C=O) groups excluding carboxylic acids is 2. The zero-order valence-corrected chi connectivity index (χ0v) is 11.9. The largest absolute Gasteiger partial charge is 0.399 e.